The SMILES string of the molecule is CC(C)CC1CNC(C2CCCCC2)CN1C(C)C. The highest BCUT2D eigenvalue weighted by Crippen LogP contribution is 2.29. The fourth-order valence-electron chi connectivity index (χ4n) is 4.09. The van der Waals surface area contributed by atoms with Crippen molar-refractivity contribution in [2.45, 2.75) is 84.3 Å². The third kappa shape index (κ3) is 4.19. The Bertz CT molecular complexity index is 256. The van der Waals surface area contributed by atoms with Gasteiger partial charge in [-0.2, -0.15) is 0 Å². The van der Waals surface area contributed by atoms with Crippen LogP contribution >= 0.6 is 0 Å². The second kappa shape index (κ2) is 7.08. The van der Waals surface area contributed by atoms with Crippen molar-refractivity contribution in [2.75, 3.05) is 13.1 Å². The van der Waals surface area contributed by atoms with Crippen LogP contribution in [0.15, 0.2) is 0 Å². The lowest BCUT2D eigenvalue weighted by atomic mass is 9.82. The van der Waals surface area contributed by atoms with Crippen molar-refractivity contribution in [1.29, 1.82) is 0 Å². The molecule has 2 nitrogen and oxygen atoms in total. The highest BCUT2D eigenvalue weighted by molar-refractivity contribution is 4.92. The Kier molecular flexibility index (Phi) is 5.70. The van der Waals surface area contributed by atoms with E-state index in [1.165, 1.54) is 51.6 Å². The molecule has 0 aromatic carbocycles. The van der Waals surface area contributed by atoms with Crippen LogP contribution in [0.2, 0.25) is 0 Å². The Labute approximate surface area is 120 Å². The molecule has 2 fully saturated rings. The first kappa shape index (κ1) is 15.3. The molecule has 2 aliphatic rings. The van der Waals surface area contributed by atoms with Crippen molar-refractivity contribution < 1.29 is 0 Å². The second-order valence-corrected chi connectivity index (χ2v) is 7.49. The lowest BCUT2D eigenvalue weighted by Gasteiger charge is -2.46. The molecule has 2 atom stereocenters. The van der Waals surface area contributed by atoms with Crippen molar-refractivity contribution in [3.8, 4) is 0 Å². The summed E-state index contributed by atoms with van der Waals surface area (Å²) in [5, 5.41) is 3.89. The number of hydrogen-bond acceptors (Lipinski definition) is 2. The number of nitrogens with zero attached hydrogens (tertiary/aromatic N) is 1. The molecule has 1 saturated heterocycles. The van der Waals surface area contributed by atoms with Crippen LogP contribution in [-0.2, 0) is 0 Å². The van der Waals surface area contributed by atoms with Gasteiger partial charge in [-0.05, 0) is 44.9 Å². The molecule has 0 aromatic rings. The maximum Gasteiger partial charge on any atom is 0.0226 e. The fourth-order valence-corrected chi connectivity index (χ4v) is 4.09. The zero-order chi connectivity index (χ0) is 13.8. The highest BCUT2D eigenvalue weighted by atomic mass is 15.2. The summed E-state index contributed by atoms with van der Waals surface area (Å²) < 4.78 is 0. The van der Waals surface area contributed by atoms with Crippen molar-refractivity contribution in [3.05, 3.63) is 0 Å². The molecule has 2 unspecified atom stereocenters. The largest absolute Gasteiger partial charge is 0.311 e. The van der Waals surface area contributed by atoms with Crippen LogP contribution in [0, 0.1) is 11.8 Å². The minimum atomic E-state index is 0.692. The van der Waals surface area contributed by atoms with Gasteiger partial charge in [0.1, 0.15) is 0 Å². The van der Waals surface area contributed by atoms with Crippen LogP contribution in [-0.4, -0.2) is 36.1 Å². The molecule has 1 aliphatic carbocycles. The number of rotatable bonds is 4. The van der Waals surface area contributed by atoms with Gasteiger partial charge in [-0.1, -0.05) is 33.1 Å². The minimum absolute atomic E-state index is 0.692. The molecular formula is C17H34N2. The smallest absolute Gasteiger partial charge is 0.0226 e. The molecule has 2 heteroatoms. The standard InChI is InChI=1S/C17H34N2/c1-13(2)10-16-11-18-17(12-19(16)14(3)4)15-8-6-5-7-9-15/h13-18H,5-12H2,1-4H3. The summed E-state index contributed by atoms with van der Waals surface area (Å²) in [6.45, 7) is 11.9. The van der Waals surface area contributed by atoms with E-state index in [9.17, 15) is 0 Å². The van der Waals surface area contributed by atoms with Gasteiger partial charge in [0.25, 0.3) is 0 Å². The van der Waals surface area contributed by atoms with E-state index >= 15 is 0 Å². The molecule has 19 heavy (non-hydrogen) atoms. The Morgan fingerprint density at radius 1 is 1.05 bits per heavy atom. The van der Waals surface area contributed by atoms with E-state index in [0.29, 0.717) is 6.04 Å². The number of piperazine rings is 1. The van der Waals surface area contributed by atoms with E-state index < -0.39 is 0 Å². The normalized spacial score (nSPS) is 31.3. The molecular weight excluding hydrogens is 232 g/mol. The fraction of sp³-hybridized carbons (Fsp3) is 1.00. The third-order valence-electron chi connectivity index (χ3n) is 5.12. The van der Waals surface area contributed by atoms with E-state index in [1.54, 1.807) is 0 Å². The summed E-state index contributed by atoms with van der Waals surface area (Å²) in [5.74, 6) is 1.74. The van der Waals surface area contributed by atoms with E-state index in [1.807, 2.05) is 0 Å². The maximum atomic E-state index is 3.89. The van der Waals surface area contributed by atoms with Crippen molar-refractivity contribution in [2.24, 2.45) is 11.8 Å². The monoisotopic (exact) mass is 266 g/mol. The van der Waals surface area contributed by atoms with E-state index in [0.717, 1.165) is 23.9 Å². The van der Waals surface area contributed by atoms with Gasteiger partial charge in [0.2, 0.25) is 0 Å². The van der Waals surface area contributed by atoms with Crippen molar-refractivity contribution >= 4 is 0 Å². The zero-order valence-corrected chi connectivity index (χ0v) is 13.5. The average molecular weight is 266 g/mol. The summed E-state index contributed by atoms with van der Waals surface area (Å²) in [7, 11) is 0. The minimum Gasteiger partial charge on any atom is -0.311 e. The van der Waals surface area contributed by atoms with Crippen molar-refractivity contribution in [1.82, 2.24) is 10.2 Å². The van der Waals surface area contributed by atoms with E-state index in [2.05, 4.69) is 37.9 Å². The maximum absolute atomic E-state index is 3.89. The first-order chi connectivity index (χ1) is 9.08. The molecule has 2 rings (SSSR count). The Morgan fingerprint density at radius 2 is 1.74 bits per heavy atom. The molecule has 1 saturated carbocycles. The van der Waals surface area contributed by atoms with Gasteiger partial charge in [0.05, 0.1) is 0 Å². The van der Waals surface area contributed by atoms with Crippen LogP contribution in [0.1, 0.15) is 66.2 Å². The predicted octanol–water partition coefficient (Wildman–Crippen LogP) is 3.66. The first-order valence-corrected chi connectivity index (χ1v) is 8.57. The van der Waals surface area contributed by atoms with Crippen LogP contribution in [0.4, 0.5) is 0 Å². The molecule has 0 radical (unpaired) electrons. The summed E-state index contributed by atoms with van der Waals surface area (Å²) in [6, 6.07) is 2.20. The average Bonchev–Trinajstić information content (AvgIpc) is 2.39. The van der Waals surface area contributed by atoms with Gasteiger partial charge < -0.3 is 5.32 Å². The van der Waals surface area contributed by atoms with Gasteiger partial charge in [0.15, 0.2) is 0 Å². The first-order valence-electron chi connectivity index (χ1n) is 8.57. The van der Waals surface area contributed by atoms with Crippen molar-refractivity contribution in [3.63, 3.8) is 0 Å². The van der Waals surface area contributed by atoms with Gasteiger partial charge in [-0.15, -0.1) is 0 Å². The molecule has 0 bridgehead atoms. The molecule has 0 spiro atoms. The van der Waals surface area contributed by atoms with Crippen LogP contribution < -0.4 is 5.32 Å². The topological polar surface area (TPSA) is 15.3 Å². The quantitative estimate of drug-likeness (QED) is 0.835. The van der Waals surface area contributed by atoms with Crippen LogP contribution in [0.3, 0.4) is 0 Å². The lowest BCUT2D eigenvalue weighted by Crippen LogP contribution is -2.60. The highest BCUT2D eigenvalue weighted by Gasteiger charge is 2.33. The Hall–Kier alpha value is -0.0800. The molecule has 1 aliphatic heterocycles. The molecule has 0 aromatic heterocycles. The summed E-state index contributed by atoms with van der Waals surface area (Å²) in [5.41, 5.74) is 0. The van der Waals surface area contributed by atoms with E-state index in [-0.39, 0.29) is 0 Å². The van der Waals surface area contributed by atoms with Gasteiger partial charge in [0, 0.05) is 31.2 Å². The van der Waals surface area contributed by atoms with Gasteiger partial charge in [-0.3, -0.25) is 4.90 Å². The van der Waals surface area contributed by atoms with Crippen LogP contribution in [0.25, 0.3) is 0 Å². The van der Waals surface area contributed by atoms with Crippen LogP contribution in [0.5, 0.6) is 0 Å². The predicted molar refractivity (Wildman–Crippen MR) is 83.5 cm³/mol. The summed E-state index contributed by atoms with van der Waals surface area (Å²) in [4.78, 5) is 2.77. The van der Waals surface area contributed by atoms with Gasteiger partial charge >= 0.3 is 0 Å². The van der Waals surface area contributed by atoms with E-state index in [4.69, 9.17) is 0 Å². The van der Waals surface area contributed by atoms with Gasteiger partial charge in [-0.25, -0.2) is 0 Å². The zero-order valence-electron chi connectivity index (χ0n) is 13.5. The Morgan fingerprint density at radius 3 is 2.32 bits per heavy atom. The third-order valence-corrected chi connectivity index (χ3v) is 5.12. The summed E-state index contributed by atoms with van der Waals surface area (Å²) in [6.07, 6.45) is 8.63. The number of hydrogen-bond donors (Lipinski definition) is 1. The lowest BCUT2D eigenvalue weighted by molar-refractivity contribution is 0.0599. The second-order valence-electron chi connectivity index (χ2n) is 7.49. The molecule has 112 valence electrons. The molecule has 1 N–H and O–H groups in total. The molecule has 1 heterocycles. The number of nitrogens with one attached hydrogen (secondary N) is 1. The molecule has 0 amide bonds. The summed E-state index contributed by atoms with van der Waals surface area (Å²) >= 11 is 0. The Balaban J connectivity index is 1.93.